The molecular weight excluding hydrogens is 194 g/mol. The summed E-state index contributed by atoms with van der Waals surface area (Å²) in [6.45, 7) is 9.85. The maximum atomic E-state index is 10.4. The Labute approximate surface area is 92.9 Å². The minimum absolute atomic E-state index is 0.121. The van der Waals surface area contributed by atoms with Crippen LogP contribution in [0.3, 0.4) is 0 Å². The molecule has 0 atom stereocenters. The van der Waals surface area contributed by atoms with E-state index in [0.29, 0.717) is 19.5 Å². The van der Waals surface area contributed by atoms with E-state index >= 15 is 0 Å². The predicted octanol–water partition coefficient (Wildman–Crippen LogP) is 1.84. The van der Waals surface area contributed by atoms with Gasteiger partial charge in [-0.05, 0) is 34.1 Å². The molecule has 0 radical (unpaired) electrons. The summed E-state index contributed by atoms with van der Waals surface area (Å²) in [6, 6.07) is 0. The highest BCUT2D eigenvalue weighted by Gasteiger charge is 1.99. The third-order valence-electron chi connectivity index (χ3n) is 1.20. The van der Waals surface area contributed by atoms with E-state index in [0.717, 1.165) is 6.42 Å². The Morgan fingerprint density at radius 1 is 1.27 bits per heavy atom. The molecule has 0 saturated carbocycles. The second-order valence-corrected chi connectivity index (χ2v) is 4.58. The molecule has 0 aliphatic heterocycles. The Balaban J connectivity index is 0. The summed E-state index contributed by atoms with van der Waals surface area (Å²) >= 11 is 0. The lowest BCUT2D eigenvalue weighted by Gasteiger charge is -2.11. The first-order valence-electron chi connectivity index (χ1n) is 5.32. The van der Waals surface area contributed by atoms with Gasteiger partial charge >= 0.3 is 0 Å². The highest BCUT2D eigenvalue weighted by molar-refractivity contribution is 5.75. The molecule has 0 amide bonds. The van der Waals surface area contributed by atoms with Crippen LogP contribution in [0.4, 0.5) is 0 Å². The van der Waals surface area contributed by atoms with Crippen molar-refractivity contribution in [2.75, 3.05) is 13.1 Å². The lowest BCUT2D eigenvalue weighted by molar-refractivity contribution is -0.123. The Bertz CT molecular complexity index is 158. The van der Waals surface area contributed by atoms with Gasteiger partial charge in [0.05, 0.1) is 5.60 Å². The van der Waals surface area contributed by atoms with Crippen LogP contribution in [0.15, 0.2) is 0 Å². The zero-order chi connectivity index (χ0) is 12.5. The lowest BCUT2D eigenvalue weighted by Crippen LogP contribution is -2.22. The first-order chi connectivity index (χ1) is 6.66. The normalized spacial score (nSPS) is 10.9. The fourth-order valence-electron chi connectivity index (χ4n) is 0.656. The number of Topliss-reactive ketones (excluding diaryl/α,β-unsaturated/α-hetero) is 1. The van der Waals surface area contributed by atoms with E-state index in [2.05, 4.69) is 0 Å². The van der Waals surface area contributed by atoms with Gasteiger partial charge in [0.15, 0.2) is 0 Å². The second-order valence-electron chi connectivity index (χ2n) is 4.58. The van der Waals surface area contributed by atoms with Gasteiger partial charge in [-0.3, -0.25) is 4.79 Å². The number of hydroxylamine groups is 2. The van der Waals surface area contributed by atoms with E-state index in [1.807, 2.05) is 6.92 Å². The van der Waals surface area contributed by atoms with Crippen LogP contribution in [-0.2, 0) is 4.79 Å². The summed E-state index contributed by atoms with van der Waals surface area (Å²) in [6.07, 6.45) is 1.35. The van der Waals surface area contributed by atoms with Crippen molar-refractivity contribution in [1.82, 2.24) is 5.06 Å². The first-order valence-corrected chi connectivity index (χ1v) is 5.32. The largest absolute Gasteiger partial charge is 0.391 e. The van der Waals surface area contributed by atoms with E-state index in [1.54, 1.807) is 20.8 Å². The molecule has 0 aliphatic rings. The average Bonchev–Trinajstić information content (AvgIpc) is 1.98. The van der Waals surface area contributed by atoms with Gasteiger partial charge < -0.3 is 10.3 Å². The van der Waals surface area contributed by atoms with Gasteiger partial charge in [0, 0.05) is 19.5 Å². The minimum atomic E-state index is -0.500. The van der Waals surface area contributed by atoms with Crippen LogP contribution in [0.25, 0.3) is 0 Å². The highest BCUT2D eigenvalue weighted by atomic mass is 16.5. The van der Waals surface area contributed by atoms with Crippen LogP contribution in [0.5, 0.6) is 0 Å². The van der Waals surface area contributed by atoms with Crippen LogP contribution in [0.1, 0.15) is 47.5 Å². The second kappa shape index (κ2) is 8.83. The number of nitrogens with zero attached hydrogens (tertiary/aromatic N) is 1. The minimum Gasteiger partial charge on any atom is -0.391 e. The predicted molar refractivity (Wildman–Crippen MR) is 60.9 cm³/mol. The summed E-state index contributed by atoms with van der Waals surface area (Å²) in [4.78, 5) is 10.4. The topological polar surface area (TPSA) is 60.8 Å². The molecule has 0 spiro atoms. The van der Waals surface area contributed by atoms with Crippen LogP contribution in [0.2, 0.25) is 0 Å². The van der Waals surface area contributed by atoms with Gasteiger partial charge in [0.1, 0.15) is 5.78 Å². The van der Waals surface area contributed by atoms with Crippen molar-refractivity contribution in [3.05, 3.63) is 0 Å². The smallest absolute Gasteiger partial charge is 0.131 e. The summed E-state index contributed by atoms with van der Waals surface area (Å²) < 4.78 is 0. The standard InChI is InChI=1S/C7H15NO2.C4H10O/c1-3-5-8(10)6-4-7(2)9;1-4(2,3)5/h10H,3-6H2,1-2H3;5H,1-3H3. The molecule has 0 saturated heterocycles. The van der Waals surface area contributed by atoms with Gasteiger partial charge in [0.25, 0.3) is 0 Å². The quantitative estimate of drug-likeness (QED) is 0.693. The number of carbonyl (C=O) groups excluding carboxylic acids is 1. The van der Waals surface area contributed by atoms with Crippen molar-refractivity contribution < 1.29 is 15.1 Å². The molecule has 0 unspecified atom stereocenters. The fraction of sp³-hybridized carbons (Fsp3) is 0.909. The first kappa shape index (κ1) is 17.0. The van der Waals surface area contributed by atoms with Crippen molar-refractivity contribution in [1.29, 1.82) is 0 Å². The third-order valence-corrected chi connectivity index (χ3v) is 1.20. The molecule has 0 aromatic heterocycles. The molecule has 0 fully saturated rings. The van der Waals surface area contributed by atoms with Gasteiger partial charge in [-0.2, -0.15) is 5.06 Å². The Morgan fingerprint density at radius 2 is 1.67 bits per heavy atom. The molecule has 4 nitrogen and oxygen atoms in total. The number of ketones is 1. The van der Waals surface area contributed by atoms with Gasteiger partial charge in [0.2, 0.25) is 0 Å². The summed E-state index contributed by atoms with van der Waals surface area (Å²) in [5, 5.41) is 18.7. The molecule has 0 heterocycles. The van der Waals surface area contributed by atoms with E-state index in [4.69, 9.17) is 10.3 Å². The molecule has 0 aromatic carbocycles. The maximum Gasteiger partial charge on any atom is 0.131 e. The van der Waals surface area contributed by atoms with E-state index in [9.17, 15) is 4.79 Å². The molecule has 4 heteroatoms. The molecular formula is C11H25NO3. The van der Waals surface area contributed by atoms with Crippen molar-refractivity contribution in [2.45, 2.75) is 53.1 Å². The van der Waals surface area contributed by atoms with Crippen LogP contribution < -0.4 is 0 Å². The summed E-state index contributed by atoms with van der Waals surface area (Å²) in [5.41, 5.74) is -0.500. The van der Waals surface area contributed by atoms with Crippen LogP contribution in [0, 0.1) is 0 Å². The maximum absolute atomic E-state index is 10.4. The van der Waals surface area contributed by atoms with E-state index in [1.165, 1.54) is 12.0 Å². The number of carbonyl (C=O) groups is 1. The fourth-order valence-corrected chi connectivity index (χ4v) is 0.656. The van der Waals surface area contributed by atoms with Crippen molar-refractivity contribution in [3.63, 3.8) is 0 Å². The number of hydrogen-bond donors (Lipinski definition) is 2. The molecule has 15 heavy (non-hydrogen) atoms. The zero-order valence-electron chi connectivity index (χ0n) is 10.6. The summed E-state index contributed by atoms with van der Waals surface area (Å²) in [5.74, 6) is 0.121. The summed E-state index contributed by atoms with van der Waals surface area (Å²) in [7, 11) is 0. The highest BCUT2D eigenvalue weighted by Crippen LogP contribution is 1.93. The third kappa shape index (κ3) is 31.7. The van der Waals surface area contributed by atoms with Crippen molar-refractivity contribution in [2.24, 2.45) is 0 Å². The molecule has 0 aliphatic carbocycles. The lowest BCUT2D eigenvalue weighted by atomic mass is 10.2. The number of rotatable bonds is 5. The molecule has 2 N–H and O–H groups in total. The number of hydrogen-bond acceptors (Lipinski definition) is 4. The van der Waals surface area contributed by atoms with Gasteiger partial charge in [-0.1, -0.05) is 6.92 Å². The van der Waals surface area contributed by atoms with Crippen molar-refractivity contribution >= 4 is 5.78 Å². The van der Waals surface area contributed by atoms with Crippen LogP contribution in [-0.4, -0.2) is 39.9 Å². The van der Waals surface area contributed by atoms with E-state index < -0.39 is 5.60 Å². The molecule has 0 bridgehead atoms. The molecule has 92 valence electrons. The Morgan fingerprint density at radius 3 is 1.93 bits per heavy atom. The molecule has 0 rings (SSSR count). The SMILES string of the molecule is CC(C)(C)O.CCCN(O)CCC(C)=O. The van der Waals surface area contributed by atoms with Crippen LogP contribution >= 0.6 is 0 Å². The van der Waals surface area contributed by atoms with Gasteiger partial charge in [-0.25, -0.2) is 0 Å². The van der Waals surface area contributed by atoms with Crippen molar-refractivity contribution in [3.8, 4) is 0 Å². The van der Waals surface area contributed by atoms with Gasteiger partial charge in [-0.15, -0.1) is 0 Å². The zero-order valence-corrected chi connectivity index (χ0v) is 10.6. The molecule has 0 aromatic rings. The Hall–Kier alpha value is -0.450. The monoisotopic (exact) mass is 219 g/mol. The average molecular weight is 219 g/mol. The Kier molecular flexibility index (Phi) is 9.98. The van der Waals surface area contributed by atoms with E-state index in [-0.39, 0.29) is 5.78 Å². The number of aliphatic hydroxyl groups is 1.